The zero-order valence-corrected chi connectivity index (χ0v) is 26.3. The van der Waals surface area contributed by atoms with Gasteiger partial charge in [-0.2, -0.15) is 5.10 Å². The van der Waals surface area contributed by atoms with E-state index in [1.165, 1.54) is 70.4 Å². The van der Waals surface area contributed by atoms with Crippen LogP contribution < -0.4 is 15.4 Å². The van der Waals surface area contributed by atoms with Crippen LogP contribution in [0.15, 0.2) is 50.8 Å². The molecule has 220 valence electrons. The lowest BCUT2D eigenvalue weighted by molar-refractivity contribution is 0.422. The highest BCUT2D eigenvalue weighted by Gasteiger charge is 2.35. The number of thioether (sulfide) groups is 1. The molecule has 0 amide bonds. The van der Waals surface area contributed by atoms with E-state index < -0.39 is 11.6 Å². The van der Waals surface area contributed by atoms with Crippen LogP contribution in [0.1, 0.15) is 58.6 Å². The van der Waals surface area contributed by atoms with Gasteiger partial charge in [-0.15, -0.1) is 11.8 Å². The number of nitrogens with zero attached hydrogens (tertiary/aromatic N) is 4. The Morgan fingerprint density at radius 1 is 1.18 bits per heavy atom. The topological polar surface area (TPSA) is 85.6 Å². The standard InChI is InChI=1S/C28H38F2N6S.CH5NS/c1-7-17(2)26(36-12-8-9-13-36)25(20-10-11-20)28(32-24-14-18(3)33-34-24)31-19(4)35(5)27-22(29)15-21(37-6)16-23(27)30;1-3-2/h14-16,20H,7-13H2,1-6H3,(H2,32,33,34);2H2,1H3/b26-17-,28-25+,31-19+;. The molecule has 0 unspecified atom stereocenters. The molecule has 1 aliphatic carbocycles. The smallest absolute Gasteiger partial charge is 0.153 e. The fourth-order valence-corrected chi connectivity index (χ4v) is 5.23. The normalized spacial score (nSPS) is 16.8. The number of amidine groups is 1. The molecule has 0 spiro atoms. The highest BCUT2D eigenvalue weighted by Crippen LogP contribution is 2.45. The first kappa shape index (κ1) is 32.0. The van der Waals surface area contributed by atoms with Crippen molar-refractivity contribution in [1.29, 1.82) is 0 Å². The van der Waals surface area contributed by atoms with Crippen molar-refractivity contribution in [3.05, 3.63) is 58.2 Å². The molecule has 2 aromatic rings. The Morgan fingerprint density at radius 2 is 1.77 bits per heavy atom. The van der Waals surface area contributed by atoms with E-state index in [1.54, 1.807) is 20.2 Å². The molecule has 0 atom stereocenters. The van der Waals surface area contributed by atoms with Gasteiger partial charge < -0.3 is 15.1 Å². The number of allylic oxidation sites excluding steroid dienone is 2. The third-order valence-corrected chi connectivity index (χ3v) is 7.83. The Kier molecular flexibility index (Phi) is 12.0. The molecule has 0 radical (unpaired) electrons. The number of hydrogen-bond acceptors (Lipinski definition) is 7. The molecule has 1 saturated heterocycles. The molecular weight excluding hydrogens is 548 g/mol. The zero-order valence-electron chi connectivity index (χ0n) is 24.7. The number of benzene rings is 1. The minimum Gasteiger partial charge on any atom is -0.371 e. The number of nitrogens with one attached hydrogen (secondary N) is 2. The molecule has 1 aliphatic heterocycles. The molecule has 40 heavy (non-hydrogen) atoms. The number of aromatic nitrogens is 2. The summed E-state index contributed by atoms with van der Waals surface area (Å²) in [6.45, 7) is 10.2. The van der Waals surface area contributed by atoms with E-state index in [1.807, 2.05) is 19.2 Å². The van der Waals surface area contributed by atoms with Crippen LogP contribution in [-0.2, 0) is 0 Å². The van der Waals surface area contributed by atoms with E-state index in [4.69, 9.17) is 10.1 Å². The van der Waals surface area contributed by atoms with Crippen LogP contribution >= 0.6 is 23.7 Å². The summed E-state index contributed by atoms with van der Waals surface area (Å²) in [5.74, 6) is 1.01. The summed E-state index contributed by atoms with van der Waals surface area (Å²) in [4.78, 5) is 9.53. The monoisotopic (exact) mass is 591 g/mol. The van der Waals surface area contributed by atoms with Crippen molar-refractivity contribution >= 4 is 41.1 Å². The van der Waals surface area contributed by atoms with E-state index in [-0.39, 0.29) is 5.69 Å². The average molecular weight is 592 g/mol. The molecule has 1 aromatic carbocycles. The van der Waals surface area contributed by atoms with Gasteiger partial charge >= 0.3 is 0 Å². The van der Waals surface area contributed by atoms with Gasteiger partial charge in [-0.05, 0) is 89.0 Å². The molecule has 2 aliphatic rings. The second-order valence-electron chi connectivity index (χ2n) is 10.2. The summed E-state index contributed by atoms with van der Waals surface area (Å²) >= 11 is 2.56. The van der Waals surface area contributed by atoms with Crippen LogP contribution in [0, 0.1) is 24.5 Å². The fraction of sp³-hybridized carbons (Fsp3) is 0.517. The fourth-order valence-electron chi connectivity index (χ4n) is 4.79. The number of aryl methyl sites for hydroxylation is 1. The summed E-state index contributed by atoms with van der Waals surface area (Å²) in [5, 5.41) is 15.6. The maximum atomic E-state index is 15.0. The number of likely N-dealkylation sites (tertiary alicyclic amines) is 1. The van der Waals surface area contributed by atoms with Crippen molar-refractivity contribution in [3.8, 4) is 0 Å². The van der Waals surface area contributed by atoms with Crippen molar-refractivity contribution in [2.45, 2.75) is 64.7 Å². The van der Waals surface area contributed by atoms with Gasteiger partial charge in [0.15, 0.2) is 17.5 Å². The van der Waals surface area contributed by atoms with E-state index in [2.05, 4.69) is 34.3 Å². The molecule has 4 N–H and O–H groups in total. The first-order chi connectivity index (χ1) is 19.1. The maximum absolute atomic E-state index is 15.0. The molecule has 4 rings (SSSR count). The summed E-state index contributed by atoms with van der Waals surface area (Å²) in [7, 11) is 1.65. The van der Waals surface area contributed by atoms with E-state index in [0.717, 1.165) is 38.0 Å². The van der Waals surface area contributed by atoms with Gasteiger partial charge in [0.2, 0.25) is 0 Å². The van der Waals surface area contributed by atoms with Crippen molar-refractivity contribution in [2.24, 2.45) is 16.0 Å². The van der Waals surface area contributed by atoms with Gasteiger partial charge in [0.25, 0.3) is 0 Å². The third-order valence-electron chi connectivity index (χ3n) is 7.13. The third kappa shape index (κ3) is 8.04. The largest absolute Gasteiger partial charge is 0.371 e. The Balaban J connectivity index is 0.00000141. The second kappa shape index (κ2) is 14.9. The summed E-state index contributed by atoms with van der Waals surface area (Å²) < 4.78 is 29.9. The molecule has 1 saturated carbocycles. The SMILES string of the molecule is CC/C(C)=C(/C(=C(\N=C(/C)N(C)c1c(F)cc(SC)cc1F)Nc1cc(C)[nH]n1)C1CC1)N1CCCC1.CSN. The highest BCUT2D eigenvalue weighted by molar-refractivity contribution is 7.98. The lowest BCUT2D eigenvalue weighted by Gasteiger charge is -2.28. The number of H-pyrrole nitrogens is 1. The van der Waals surface area contributed by atoms with Gasteiger partial charge in [0.05, 0.1) is 0 Å². The number of nitrogens with two attached hydrogens (primary N) is 1. The first-order valence-corrected chi connectivity index (χ1v) is 16.2. The van der Waals surface area contributed by atoms with E-state index >= 15 is 0 Å². The highest BCUT2D eigenvalue weighted by atomic mass is 32.2. The second-order valence-corrected chi connectivity index (χ2v) is 11.5. The van der Waals surface area contributed by atoms with Gasteiger partial charge in [-0.1, -0.05) is 18.9 Å². The van der Waals surface area contributed by atoms with Crippen molar-refractivity contribution in [1.82, 2.24) is 15.1 Å². The molecular formula is C29H43F2N7S2. The predicted octanol–water partition coefficient (Wildman–Crippen LogP) is 7.31. The van der Waals surface area contributed by atoms with Crippen molar-refractivity contribution in [3.63, 3.8) is 0 Å². The zero-order chi connectivity index (χ0) is 29.4. The van der Waals surface area contributed by atoms with Gasteiger partial charge in [0, 0.05) is 48.1 Å². The average Bonchev–Trinajstić information content (AvgIpc) is 3.44. The molecule has 2 fully saturated rings. The van der Waals surface area contributed by atoms with Crippen LogP contribution in [0.25, 0.3) is 0 Å². The summed E-state index contributed by atoms with van der Waals surface area (Å²) in [6, 6.07) is 4.66. The molecule has 1 aromatic heterocycles. The van der Waals surface area contributed by atoms with Crippen LogP contribution in [0.4, 0.5) is 20.3 Å². The maximum Gasteiger partial charge on any atom is 0.153 e. The van der Waals surface area contributed by atoms with Crippen LogP contribution in [0.3, 0.4) is 0 Å². The molecule has 2 heterocycles. The minimum atomic E-state index is -0.607. The van der Waals surface area contributed by atoms with Gasteiger partial charge in [0.1, 0.15) is 17.3 Å². The first-order valence-electron chi connectivity index (χ1n) is 13.7. The van der Waals surface area contributed by atoms with Crippen LogP contribution in [0.5, 0.6) is 0 Å². The number of halogens is 2. The van der Waals surface area contributed by atoms with Crippen molar-refractivity contribution < 1.29 is 8.78 Å². The number of anilines is 2. The van der Waals surface area contributed by atoms with E-state index in [0.29, 0.717) is 28.3 Å². The Labute approximate surface area is 246 Å². The lowest BCUT2D eigenvalue weighted by Crippen LogP contribution is -2.27. The summed E-state index contributed by atoms with van der Waals surface area (Å²) in [6.07, 6.45) is 9.10. The number of aliphatic imine (C=N–C) groups is 1. The number of aromatic amines is 1. The molecule has 0 bridgehead atoms. The quantitative estimate of drug-likeness (QED) is 0.0927. The van der Waals surface area contributed by atoms with Crippen molar-refractivity contribution in [2.75, 3.05) is 42.9 Å². The molecule has 11 heteroatoms. The Bertz CT molecular complexity index is 1220. The van der Waals surface area contributed by atoms with E-state index in [9.17, 15) is 8.78 Å². The minimum absolute atomic E-state index is 0.109. The van der Waals surface area contributed by atoms with Gasteiger partial charge in [-0.25, -0.2) is 13.8 Å². The van der Waals surface area contributed by atoms with Crippen LogP contribution in [-0.4, -0.2) is 53.6 Å². The van der Waals surface area contributed by atoms with Gasteiger partial charge in [-0.3, -0.25) is 10.2 Å². The predicted molar refractivity (Wildman–Crippen MR) is 168 cm³/mol. The Hall–Kier alpha value is -2.50. The number of hydrogen-bond donors (Lipinski definition) is 3. The summed E-state index contributed by atoms with van der Waals surface area (Å²) in [5.41, 5.74) is 4.59. The Morgan fingerprint density at radius 3 is 2.25 bits per heavy atom. The molecule has 7 nitrogen and oxygen atoms in total. The lowest BCUT2D eigenvalue weighted by atomic mass is 10.00. The van der Waals surface area contributed by atoms with Crippen LogP contribution in [0.2, 0.25) is 0 Å². The number of rotatable bonds is 9.